The molecule has 0 fully saturated rings. The summed E-state index contributed by atoms with van der Waals surface area (Å²) in [5, 5.41) is 11.9. The summed E-state index contributed by atoms with van der Waals surface area (Å²) in [7, 11) is 1.69. The molecule has 62 valence electrons. The summed E-state index contributed by atoms with van der Waals surface area (Å²) in [6, 6.07) is 0. The minimum absolute atomic E-state index is 0.248. The molecule has 0 saturated heterocycles. The van der Waals surface area contributed by atoms with Gasteiger partial charge < -0.3 is 15.2 Å². The Morgan fingerprint density at radius 3 is 2.80 bits per heavy atom. The molecule has 0 aromatic heterocycles. The van der Waals surface area contributed by atoms with Crippen LogP contribution in [0.5, 0.6) is 0 Å². The maximum absolute atomic E-state index is 8.82. The first-order valence-corrected chi connectivity index (χ1v) is 3.65. The maximum Gasteiger partial charge on any atom is 0.0636 e. The van der Waals surface area contributed by atoms with Crippen LogP contribution < -0.4 is 5.32 Å². The van der Waals surface area contributed by atoms with Crippen molar-refractivity contribution in [2.75, 3.05) is 26.8 Å². The van der Waals surface area contributed by atoms with Gasteiger partial charge in [-0.2, -0.15) is 0 Å². The van der Waals surface area contributed by atoms with Crippen LogP contribution in [0, 0.1) is 0 Å². The van der Waals surface area contributed by atoms with Gasteiger partial charge in [-0.15, -0.1) is 0 Å². The number of aliphatic hydroxyl groups is 1. The number of ether oxygens (including phenoxy) is 1. The van der Waals surface area contributed by atoms with E-state index in [1.807, 2.05) is 0 Å². The molecule has 0 aliphatic carbocycles. The third kappa shape index (κ3) is 7.88. The summed E-state index contributed by atoms with van der Waals surface area (Å²) in [6.45, 7) is 4.14. The van der Waals surface area contributed by atoms with Gasteiger partial charge in [0.1, 0.15) is 0 Å². The first kappa shape index (κ1) is 9.88. The molecule has 0 spiro atoms. The van der Waals surface area contributed by atoms with E-state index in [0.29, 0.717) is 6.54 Å². The minimum Gasteiger partial charge on any atom is -0.392 e. The Hall–Kier alpha value is -0.120. The van der Waals surface area contributed by atoms with Crippen molar-refractivity contribution in [2.24, 2.45) is 0 Å². The Labute approximate surface area is 62.4 Å². The molecule has 0 heterocycles. The van der Waals surface area contributed by atoms with Crippen molar-refractivity contribution in [2.45, 2.75) is 19.4 Å². The highest BCUT2D eigenvalue weighted by Gasteiger charge is 1.92. The van der Waals surface area contributed by atoms with Crippen LogP contribution in [0.3, 0.4) is 0 Å². The van der Waals surface area contributed by atoms with E-state index in [4.69, 9.17) is 9.84 Å². The van der Waals surface area contributed by atoms with Crippen LogP contribution in [-0.2, 0) is 4.74 Å². The lowest BCUT2D eigenvalue weighted by Crippen LogP contribution is -2.25. The lowest BCUT2D eigenvalue weighted by atomic mass is 10.4. The Morgan fingerprint density at radius 1 is 1.60 bits per heavy atom. The lowest BCUT2D eigenvalue weighted by Gasteiger charge is -2.05. The number of rotatable bonds is 6. The van der Waals surface area contributed by atoms with Gasteiger partial charge in [0, 0.05) is 20.3 Å². The largest absolute Gasteiger partial charge is 0.392 e. The summed E-state index contributed by atoms with van der Waals surface area (Å²) >= 11 is 0. The quantitative estimate of drug-likeness (QED) is 0.519. The first-order chi connectivity index (χ1) is 4.77. The van der Waals surface area contributed by atoms with Crippen molar-refractivity contribution in [1.29, 1.82) is 0 Å². The number of hydrogen-bond acceptors (Lipinski definition) is 3. The molecule has 0 aromatic carbocycles. The number of aliphatic hydroxyl groups excluding tert-OH is 1. The molecule has 0 aliphatic heterocycles. The van der Waals surface area contributed by atoms with Crippen molar-refractivity contribution in [1.82, 2.24) is 5.32 Å². The van der Waals surface area contributed by atoms with Gasteiger partial charge in [-0.3, -0.25) is 0 Å². The highest BCUT2D eigenvalue weighted by molar-refractivity contribution is 4.51. The van der Waals surface area contributed by atoms with E-state index >= 15 is 0 Å². The van der Waals surface area contributed by atoms with Gasteiger partial charge in [0.15, 0.2) is 0 Å². The van der Waals surface area contributed by atoms with Gasteiger partial charge in [-0.05, 0) is 19.9 Å². The molecule has 0 bridgehead atoms. The van der Waals surface area contributed by atoms with E-state index in [1.165, 1.54) is 0 Å². The van der Waals surface area contributed by atoms with Gasteiger partial charge in [0.2, 0.25) is 0 Å². The highest BCUT2D eigenvalue weighted by atomic mass is 16.5. The summed E-state index contributed by atoms with van der Waals surface area (Å²) < 4.78 is 4.85. The molecule has 0 saturated carbocycles. The molecule has 10 heavy (non-hydrogen) atoms. The minimum atomic E-state index is -0.248. The second-order valence-corrected chi connectivity index (χ2v) is 2.40. The second-order valence-electron chi connectivity index (χ2n) is 2.40. The van der Waals surface area contributed by atoms with Crippen molar-refractivity contribution in [3.63, 3.8) is 0 Å². The number of methoxy groups -OCH3 is 1. The predicted octanol–water partition coefficient (Wildman–Crippen LogP) is -0.00670. The third-order valence-corrected chi connectivity index (χ3v) is 1.14. The number of hydrogen-bond donors (Lipinski definition) is 2. The van der Waals surface area contributed by atoms with Gasteiger partial charge in [-0.25, -0.2) is 0 Å². The summed E-state index contributed by atoms with van der Waals surface area (Å²) in [6.07, 6.45) is 0.756. The third-order valence-electron chi connectivity index (χ3n) is 1.14. The van der Waals surface area contributed by atoms with E-state index in [2.05, 4.69) is 5.32 Å². The van der Waals surface area contributed by atoms with Gasteiger partial charge >= 0.3 is 0 Å². The smallest absolute Gasteiger partial charge is 0.0636 e. The molecule has 0 unspecified atom stereocenters. The Morgan fingerprint density at radius 2 is 2.30 bits per heavy atom. The lowest BCUT2D eigenvalue weighted by molar-refractivity contribution is 0.179. The molecule has 0 aromatic rings. The van der Waals surface area contributed by atoms with Crippen LogP contribution >= 0.6 is 0 Å². The second kappa shape index (κ2) is 6.99. The monoisotopic (exact) mass is 147 g/mol. The van der Waals surface area contributed by atoms with E-state index in [9.17, 15) is 0 Å². The van der Waals surface area contributed by atoms with Gasteiger partial charge in [-0.1, -0.05) is 0 Å². The average Bonchev–Trinajstić information content (AvgIpc) is 1.87. The zero-order chi connectivity index (χ0) is 7.82. The topological polar surface area (TPSA) is 41.5 Å². The fourth-order valence-electron chi connectivity index (χ4n) is 0.652. The van der Waals surface area contributed by atoms with Crippen LogP contribution in [0.1, 0.15) is 13.3 Å². The zero-order valence-corrected chi connectivity index (χ0v) is 6.76. The molecular formula is C7H17NO2. The highest BCUT2D eigenvalue weighted by Crippen LogP contribution is 1.78. The van der Waals surface area contributed by atoms with Crippen LogP contribution in [0.2, 0.25) is 0 Å². The molecule has 1 atom stereocenters. The molecule has 0 rings (SSSR count). The summed E-state index contributed by atoms with van der Waals surface area (Å²) in [5.41, 5.74) is 0. The molecular weight excluding hydrogens is 130 g/mol. The Kier molecular flexibility index (Phi) is 6.91. The van der Waals surface area contributed by atoms with Crippen LogP contribution in [0.15, 0.2) is 0 Å². The van der Waals surface area contributed by atoms with E-state index in [1.54, 1.807) is 14.0 Å². The summed E-state index contributed by atoms with van der Waals surface area (Å²) in [4.78, 5) is 0. The molecule has 0 amide bonds. The van der Waals surface area contributed by atoms with Crippen molar-refractivity contribution < 1.29 is 9.84 Å². The van der Waals surface area contributed by atoms with E-state index < -0.39 is 0 Å². The normalized spacial score (nSPS) is 13.5. The van der Waals surface area contributed by atoms with E-state index in [-0.39, 0.29) is 6.10 Å². The van der Waals surface area contributed by atoms with Crippen LogP contribution in [0.25, 0.3) is 0 Å². The molecule has 2 N–H and O–H groups in total. The van der Waals surface area contributed by atoms with Crippen LogP contribution in [-0.4, -0.2) is 38.0 Å². The van der Waals surface area contributed by atoms with Gasteiger partial charge in [0.05, 0.1) is 6.10 Å². The number of nitrogens with one attached hydrogen (secondary N) is 1. The van der Waals surface area contributed by atoms with Crippen molar-refractivity contribution >= 4 is 0 Å². The maximum atomic E-state index is 8.82. The van der Waals surface area contributed by atoms with Gasteiger partial charge in [0.25, 0.3) is 0 Å². The molecule has 0 radical (unpaired) electrons. The Balaban J connectivity index is 2.77. The predicted molar refractivity (Wildman–Crippen MR) is 41.0 cm³/mol. The standard InChI is InChI=1S/C7H17NO2/c1-7(9)6-8-4-3-5-10-2/h7-9H,3-6H2,1-2H3/t7-/m0/s1. The van der Waals surface area contributed by atoms with Crippen LogP contribution in [0.4, 0.5) is 0 Å². The molecule has 3 nitrogen and oxygen atoms in total. The molecule has 3 heteroatoms. The fourth-order valence-corrected chi connectivity index (χ4v) is 0.652. The van der Waals surface area contributed by atoms with Crippen molar-refractivity contribution in [3.05, 3.63) is 0 Å². The SMILES string of the molecule is COCCCNC[C@H](C)O. The Bertz CT molecular complexity index is 66.6. The summed E-state index contributed by atoms with van der Waals surface area (Å²) in [5.74, 6) is 0. The average molecular weight is 147 g/mol. The molecule has 0 aliphatic rings. The van der Waals surface area contributed by atoms with Crippen molar-refractivity contribution in [3.8, 4) is 0 Å². The fraction of sp³-hybridized carbons (Fsp3) is 1.00. The van der Waals surface area contributed by atoms with E-state index in [0.717, 1.165) is 19.6 Å². The first-order valence-electron chi connectivity index (χ1n) is 3.65. The zero-order valence-electron chi connectivity index (χ0n) is 6.76.